The smallest absolute Gasteiger partial charge is 0.236 e. The first-order chi connectivity index (χ1) is 23.3. The van der Waals surface area contributed by atoms with Gasteiger partial charge in [0.25, 0.3) is 0 Å². The molecule has 5 aromatic carbocycles. The van der Waals surface area contributed by atoms with Crippen LogP contribution in [-0.2, 0) is 5.54 Å². The van der Waals surface area contributed by atoms with Crippen molar-refractivity contribution < 1.29 is 4.42 Å². The number of anilines is 2. The quantitative estimate of drug-likeness (QED) is 0.196. The molecule has 0 unspecified atom stereocenters. The fraction of sp³-hybridized carbons (Fsp3) is 0.146. The highest BCUT2D eigenvalue weighted by molar-refractivity contribution is 6.11. The van der Waals surface area contributed by atoms with Gasteiger partial charge < -0.3 is 13.6 Å². The molecule has 9 aromatic rings. The normalized spacial score (nSPS) is 15.4. The maximum atomic E-state index is 6.42. The van der Waals surface area contributed by atoms with Gasteiger partial charge in [0.1, 0.15) is 11.1 Å². The van der Waals surface area contributed by atoms with Crippen molar-refractivity contribution in [3.8, 4) is 16.9 Å². The Morgan fingerprint density at radius 2 is 1.19 bits per heavy atom. The van der Waals surface area contributed by atoms with Gasteiger partial charge in [-0.2, -0.15) is 4.98 Å². The fourth-order valence-corrected chi connectivity index (χ4v) is 7.79. The van der Waals surface area contributed by atoms with Crippen LogP contribution in [0.4, 0.5) is 11.9 Å². The van der Waals surface area contributed by atoms with Gasteiger partial charge >= 0.3 is 0 Å². The molecule has 0 aliphatic carbocycles. The van der Waals surface area contributed by atoms with Gasteiger partial charge in [-0.05, 0) is 58.0 Å². The molecule has 232 valence electrons. The van der Waals surface area contributed by atoms with Crippen molar-refractivity contribution in [1.82, 2.24) is 24.1 Å². The molecule has 5 heterocycles. The van der Waals surface area contributed by atoms with E-state index in [1.807, 2.05) is 36.4 Å². The maximum Gasteiger partial charge on any atom is 0.236 e. The van der Waals surface area contributed by atoms with Crippen LogP contribution < -0.4 is 4.90 Å². The summed E-state index contributed by atoms with van der Waals surface area (Å²) in [4.78, 5) is 18.2. The SMILES string of the molecule is CC1(C)N(c2nc(-c3ccccc3)c3c(n2)oc2ccccc23)c2nc3c(-n4c5ccccc5c5ccccc54)cccc3n2C1(C)C. The van der Waals surface area contributed by atoms with Gasteiger partial charge in [-0.1, -0.05) is 91.0 Å². The molecule has 4 aromatic heterocycles. The van der Waals surface area contributed by atoms with Crippen molar-refractivity contribution in [3.63, 3.8) is 0 Å². The number of aromatic nitrogens is 5. The summed E-state index contributed by atoms with van der Waals surface area (Å²) in [6.07, 6.45) is 0. The van der Waals surface area contributed by atoms with Gasteiger partial charge in [-0.3, -0.25) is 4.90 Å². The fourth-order valence-electron chi connectivity index (χ4n) is 7.79. The molecule has 7 heteroatoms. The molecular formula is C41H32N6O. The number of fused-ring (bicyclic) bond motifs is 9. The van der Waals surface area contributed by atoms with Gasteiger partial charge in [0.15, 0.2) is 0 Å². The first-order valence-corrected chi connectivity index (χ1v) is 16.4. The van der Waals surface area contributed by atoms with Crippen LogP contribution in [0.1, 0.15) is 27.7 Å². The van der Waals surface area contributed by atoms with E-state index in [0.717, 1.165) is 61.3 Å². The minimum absolute atomic E-state index is 0.379. The van der Waals surface area contributed by atoms with Crippen molar-refractivity contribution >= 4 is 66.8 Å². The van der Waals surface area contributed by atoms with Crippen LogP contribution >= 0.6 is 0 Å². The lowest BCUT2D eigenvalue weighted by Gasteiger charge is -2.40. The summed E-state index contributed by atoms with van der Waals surface area (Å²) in [7, 11) is 0. The molecule has 1 aliphatic rings. The summed E-state index contributed by atoms with van der Waals surface area (Å²) in [5.41, 5.74) is 7.73. The van der Waals surface area contributed by atoms with E-state index in [1.165, 1.54) is 10.8 Å². The first-order valence-electron chi connectivity index (χ1n) is 16.4. The number of furan rings is 1. The predicted molar refractivity (Wildman–Crippen MR) is 194 cm³/mol. The van der Waals surface area contributed by atoms with Crippen LogP contribution in [0.3, 0.4) is 0 Å². The Hall–Kier alpha value is -5.95. The van der Waals surface area contributed by atoms with Crippen LogP contribution in [-0.4, -0.2) is 29.6 Å². The average molecular weight is 625 g/mol. The molecule has 10 rings (SSSR count). The highest BCUT2D eigenvalue weighted by atomic mass is 16.3. The van der Waals surface area contributed by atoms with Crippen LogP contribution in [0, 0.1) is 0 Å². The lowest BCUT2D eigenvalue weighted by molar-refractivity contribution is 0.251. The van der Waals surface area contributed by atoms with Crippen molar-refractivity contribution in [2.75, 3.05) is 4.90 Å². The second kappa shape index (κ2) is 9.32. The monoisotopic (exact) mass is 624 g/mol. The first kappa shape index (κ1) is 27.2. The largest absolute Gasteiger partial charge is 0.437 e. The number of para-hydroxylation sites is 4. The summed E-state index contributed by atoms with van der Waals surface area (Å²) in [6.45, 7) is 9.06. The van der Waals surface area contributed by atoms with Crippen LogP contribution in [0.2, 0.25) is 0 Å². The molecule has 0 spiro atoms. The topological polar surface area (TPSA) is 64.9 Å². The number of benzene rings is 5. The molecule has 48 heavy (non-hydrogen) atoms. The summed E-state index contributed by atoms with van der Waals surface area (Å²) in [5.74, 6) is 1.37. The predicted octanol–water partition coefficient (Wildman–Crippen LogP) is 10.2. The molecule has 0 radical (unpaired) electrons. The summed E-state index contributed by atoms with van der Waals surface area (Å²) in [6, 6.07) is 42.1. The van der Waals surface area contributed by atoms with Crippen molar-refractivity contribution in [2.45, 2.75) is 38.8 Å². The molecule has 7 nitrogen and oxygen atoms in total. The third kappa shape index (κ3) is 3.40. The number of rotatable bonds is 3. The van der Waals surface area contributed by atoms with Gasteiger partial charge in [-0.25, -0.2) is 9.97 Å². The molecule has 0 amide bonds. The zero-order valence-electron chi connectivity index (χ0n) is 27.1. The Morgan fingerprint density at radius 1 is 0.562 bits per heavy atom. The highest BCUT2D eigenvalue weighted by Crippen LogP contribution is 2.52. The summed E-state index contributed by atoms with van der Waals surface area (Å²) in [5, 5.41) is 4.36. The Labute approximate surface area is 276 Å². The molecule has 0 bridgehead atoms. The van der Waals surface area contributed by atoms with E-state index in [1.54, 1.807) is 0 Å². The van der Waals surface area contributed by atoms with Crippen LogP contribution in [0.15, 0.2) is 126 Å². The maximum absolute atomic E-state index is 6.42. The molecule has 0 saturated heterocycles. The standard InChI is InChI=1S/C41H32N6O/c1-40(2)41(3,4)47(38-42-35(25-15-6-5-7-16-25)34-28-19-10-13-24-33(28)48-37(34)44-38)39-43-36-31(22-14-23-32(36)46(39)40)45-29-20-11-8-17-26(29)27-18-9-12-21-30(27)45/h5-24H,1-4H3. The molecule has 1 aliphatic heterocycles. The lowest BCUT2D eigenvalue weighted by atomic mass is 9.82. The van der Waals surface area contributed by atoms with Gasteiger partial charge in [0, 0.05) is 21.7 Å². The number of hydrogen-bond donors (Lipinski definition) is 0. The Bertz CT molecular complexity index is 2690. The van der Waals surface area contributed by atoms with Gasteiger partial charge in [-0.15, -0.1) is 0 Å². The third-order valence-corrected chi connectivity index (χ3v) is 10.8. The number of imidazole rings is 1. The third-order valence-electron chi connectivity index (χ3n) is 10.8. The van der Waals surface area contributed by atoms with Gasteiger partial charge in [0.05, 0.1) is 44.4 Å². The number of hydrogen-bond acceptors (Lipinski definition) is 5. The number of nitrogens with zero attached hydrogens (tertiary/aromatic N) is 6. The van der Waals surface area contributed by atoms with Crippen LogP contribution in [0.25, 0.3) is 71.9 Å². The Morgan fingerprint density at radius 3 is 1.92 bits per heavy atom. The molecule has 0 saturated carbocycles. The van der Waals surface area contributed by atoms with Crippen LogP contribution in [0.5, 0.6) is 0 Å². The molecule has 0 fully saturated rings. The van der Waals surface area contributed by atoms with E-state index in [0.29, 0.717) is 11.7 Å². The van der Waals surface area contributed by atoms with E-state index >= 15 is 0 Å². The second-order valence-corrected chi connectivity index (χ2v) is 13.7. The minimum atomic E-state index is -0.444. The van der Waals surface area contributed by atoms with E-state index in [9.17, 15) is 0 Å². The summed E-state index contributed by atoms with van der Waals surface area (Å²) < 4.78 is 11.1. The average Bonchev–Trinajstić information content (AvgIpc) is 3.81. The Balaban J connectivity index is 1.27. The zero-order valence-corrected chi connectivity index (χ0v) is 27.1. The van der Waals surface area contributed by atoms with E-state index in [-0.39, 0.29) is 5.54 Å². The van der Waals surface area contributed by atoms with E-state index in [2.05, 4.69) is 127 Å². The lowest BCUT2D eigenvalue weighted by Crippen LogP contribution is -2.51. The van der Waals surface area contributed by atoms with Crippen molar-refractivity contribution in [2.24, 2.45) is 0 Å². The zero-order chi connectivity index (χ0) is 32.4. The molecule has 0 N–H and O–H groups in total. The highest BCUT2D eigenvalue weighted by Gasteiger charge is 2.54. The van der Waals surface area contributed by atoms with Crippen molar-refractivity contribution in [1.29, 1.82) is 0 Å². The second-order valence-electron chi connectivity index (χ2n) is 13.7. The van der Waals surface area contributed by atoms with E-state index < -0.39 is 5.54 Å². The van der Waals surface area contributed by atoms with Crippen molar-refractivity contribution in [3.05, 3.63) is 121 Å². The molecule has 0 atom stereocenters. The minimum Gasteiger partial charge on any atom is -0.437 e. The molecular weight excluding hydrogens is 592 g/mol. The Kier molecular flexibility index (Phi) is 5.28. The van der Waals surface area contributed by atoms with E-state index in [4.69, 9.17) is 19.4 Å². The summed E-state index contributed by atoms with van der Waals surface area (Å²) >= 11 is 0. The van der Waals surface area contributed by atoms with Gasteiger partial charge in [0.2, 0.25) is 17.6 Å².